The van der Waals surface area contributed by atoms with Crippen LogP contribution < -0.4 is 0 Å². The first kappa shape index (κ1) is 22.0. The number of benzene rings is 7. The summed E-state index contributed by atoms with van der Waals surface area (Å²) >= 11 is 1.78. The highest BCUT2D eigenvalue weighted by Crippen LogP contribution is 2.48. The highest BCUT2D eigenvalue weighted by molar-refractivity contribution is 7.17. The highest BCUT2D eigenvalue weighted by Gasteiger charge is 2.21. The third kappa shape index (κ3) is 3.03. The summed E-state index contributed by atoms with van der Waals surface area (Å²) in [6, 6.07) is 46.3. The molecule has 0 saturated carbocycles. The molecule has 9 aromatic rings. The van der Waals surface area contributed by atoms with Crippen molar-refractivity contribution in [2.24, 2.45) is 0 Å². The van der Waals surface area contributed by atoms with Crippen LogP contribution in [0.3, 0.4) is 0 Å². The van der Waals surface area contributed by atoms with Crippen molar-refractivity contribution in [2.75, 3.05) is 0 Å². The molecule has 0 saturated heterocycles. The van der Waals surface area contributed by atoms with E-state index in [-0.39, 0.29) is 0 Å². The standard InChI is InChI=1S/C38H22OS/c1-2-11-25-23(9-1)10-7-16-26(25)36-27-12-3-5-14-29(27)37(30-15-6-4-13-28(30)36)31-17-8-18-33-38(31)32-22-35-24(19-20-40-35)21-34(32)39-33/h1-22H. The van der Waals surface area contributed by atoms with Gasteiger partial charge in [0.2, 0.25) is 0 Å². The molecular formula is C38H22OS. The van der Waals surface area contributed by atoms with Crippen LogP contribution in [0.15, 0.2) is 137 Å². The molecule has 0 fully saturated rings. The van der Waals surface area contributed by atoms with E-state index in [2.05, 4.69) is 133 Å². The molecular weight excluding hydrogens is 504 g/mol. The number of rotatable bonds is 2. The highest BCUT2D eigenvalue weighted by atomic mass is 32.1. The summed E-state index contributed by atoms with van der Waals surface area (Å²) in [7, 11) is 0. The minimum Gasteiger partial charge on any atom is -0.456 e. The lowest BCUT2D eigenvalue weighted by atomic mass is 9.84. The first-order valence-electron chi connectivity index (χ1n) is 13.6. The lowest BCUT2D eigenvalue weighted by Crippen LogP contribution is -1.92. The van der Waals surface area contributed by atoms with Crippen LogP contribution in [0.2, 0.25) is 0 Å². The van der Waals surface area contributed by atoms with Crippen LogP contribution in [0.25, 0.3) is 86.6 Å². The van der Waals surface area contributed by atoms with Crippen LogP contribution in [0.4, 0.5) is 0 Å². The first-order chi connectivity index (χ1) is 19.8. The van der Waals surface area contributed by atoms with E-state index in [4.69, 9.17) is 4.42 Å². The minimum absolute atomic E-state index is 0.927. The molecule has 0 unspecified atom stereocenters. The van der Waals surface area contributed by atoms with Crippen LogP contribution in [0.5, 0.6) is 0 Å². The van der Waals surface area contributed by atoms with Crippen molar-refractivity contribution >= 4 is 75.7 Å². The second-order valence-electron chi connectivity index (χ2n) is 10.5. The van der Waals surface area contributed by atoms with Gasteiger partial charge in [-0.05, 0) is 89.6 Å². The lowest BCUT2D eigenvalue weighted by Gasteiger charge is -2.19. The number of fused-ring (bicyclic) bond motifs is 7. The van der Waals surface area contributed by atoms with Gasteiger partial charge in [0.1, 0.15) is 11.2 Å². The number of hydrogen-bond acceptors (Lipinski definition) is 2. The molecule has 1 nitrogen and oxygen atoms in total. The Balaban J connectivity index is 1.47. The van der Waals surface area contributed by atoms with E-state index in [0.29, 0.717) is 0 Å². The van der Waals surface area contributed by atoms with Crippen molar-refractivity contribution in [1.82, 2.24) is 0 Å². The van der Waals surface area contributed by atoms with E-state index >= 15 is 0 Å². The molecule has 40 heavy (non-hydrogen) atoms. The van der Waals surface area contributed by atoms with E-state index in [0.717, 1.165) is 11.2 Å². The topological polar surface area (TPSA) is 13.1 Å². The Bertz CT molecular complexity index is 2380. The van der Waals surface area contributed by atoms with Gasteiger partial charge in [-0.2, -0.15) is 0 Å². The molecule has 2 heterocycles. The maximum atomic E-state index is 6.46. The van der Waals surface area contributed by atoms with Crippen LogP contribution in [-0.2, 0) is 0 Å². The molecule has 7 aromatic carbocycles. The molecule has 9 rings (SSSR count). The third-order valence-corrected chi connectivity index (χ3v) is 9.21. The smallest absolute Gasteiger partial charge is 0.136 e. The second kappa shape index (κ2) is 8.29. The monoisotopic (exact) mass is 526 g/mol. The van der Waals surface area contributed by atoms with Crippen LogP contribution in [0, 0.1) is 0 Å². The van der Waals surface area contributed by atoms with Gasteiger partial charge < -0.3 is 4.42 Å². The van der Waals surface area contributed by atoms with Crippen LogP contribution in [-0.4, -0.2) is 0 Å². The van der Waals surface area contributed by atoms with Crippen molar-refractivity contribution in [2.45, 2.75) is 0 Å². The fourth-order valence-corrected chi connectivity index (χ4v) is 7.45. The van der Waals surface area contributed by atoms with Gasteiger partial charge >= 0.3 is 0 Å². The second-order valence-corrected chi connectivity index (χ2v) is 11.4. The number of thiophene rings is 1. The zero-order chi connectivity index (χ0) is 26.2. The van der Waals surface area contributed by atoms with E-state index in [1.54, 1.807) is 11.3 Å². The van der Waals surface area contributed by atoms with Gasteiger partial charge in [0.25, 0.3) is 0 Å². The Hall–Kier alpha value is -4.92. The van der Waals surface area contributed by atoms with Gasteiger partial charge in [-0.1, -0.05) is 103 Å². The normalized spacial score (nSPS) is 12.0. The molecule has 0 spiro atoms. The largest absolute Gasteiger partial charge is 0.456 e. The molecule has 0 aliphatic heterocycles. The Labute approximate surface area is 234 Å². The van der Waals surface area contributed by atoms with Crippen molar-refractivity contribution in [1.29, 1.82) is 0 Å². The van der Waals surface area contributed by atoms with Crippen molar-refractivity contribution in [3.8, 4) is 22.3 Å². The Morgan fingerprint density at radius 3 is 1.77 bits per heavy atom. The predicted molar refractivity (Wildman–Crippen MR) is 172 cm³/mol. The molecule has 0 radical (unpaired) electrons. The first-order valence-corrected chi connectivity index (χ1v) is 14.5. The number of hydrogen-bond donors (Lipinski definition) is 0. The minimum atomic E-state index is 0.927. The molecule has 2 aromatic heterocycles. The zero-order valence-corrected chi connectivity index (χ0v) is 22.3. The van der Waals surface area contributed by atoms with Gasteiger partial charge in [0.05, 0.1) is 0 Å². The van der Waals surface area contributed by atoms with Gasteiger partial charge in [-0.3, -0.25) is 0 Å². The summed E-state index contributed by atoms with van der Waals surface area (Å²) in [4.78, 5) is 0. The number of furan rings is 1. The predicted octanol–water partition coefficient (Wildman–Crippen LogP) is 11.6. The summed E-state index contributed by atoms with van der Waals surface area (Å²) in [6.45, 7) is 0. The fourth-order valence-electron chi connectivity index (χ4n) is 6.64. The molecule has 0 atom stereocenters. The average Bonchev–Trinajstić information content (AvgIpc) is 3.62. The molecule has 186 valence electrons. The van der Waals surface area contributed by atoms with E-state index in [1.165, 1.54) is 75.4 Å². The Kier molecular flexibility index (Phi) is 4.55. The van der Waals surface area contributed by atoms with Gasteiger partial charge in [-0.25, -0.2) is 0 Å². The molecule has 0 aliphatic rings. The third-order valence-electron chi connectivity index (χ3n) is 8.33. The lowest BCUT2D eigenvalue weighted by molar-refractivity contribution is 0.669. The summed E-state index contributed by atoms with van der Waals surface area (Å²) in [5.74, 6) is 0. The molecule has 0 N–H and O–H groups in total. The van der Waals surface area contributed by atoms with Gasteiger partial charge in [-0.15, -0.1) is 11.3 Å². The van der Waals surface area contributed by atoms with Crippen LogP contribution >= 0.6 is 11.3 Å². The van der Waals surface area contributed by atoms with Crippen molar-refractivity contribution in [3.63, 3.8) is 0 Å². The maximum absolute atomic E-state index is 6.46. The van der Waals surface area contributed by atoms with Crippen molar-refractivity contribution < 1.29 is 4.42 Å². The van der Waals surface area contributed by atoms with E-state index in [1.807, 2.05) is 0 Å². The Morgan fingerprint density at radius 1 is 0.425 bits per heavy atom. The molecule has 2 heteroatoms. The summed E-state index contributed by atoms with van der Waals surface area (Å²) in [5.41, 5.74) is 6.89. The van der Waals surface area contributed by atoms with Crippen molar-refractivity contribution in [3.05, 3.63) is 133 Å². The average molecular weight is 527 g/mol. The summed E-state index contributed by atoms with van der Waals surface area (Å²) in [5, 5.41) is 13.3. The maximum Gasteiger partial charge on any atom is 0.136 e. The zero-order valence-electron chi connectivity index (χ0n) is 21.5. The summed E-state index contributed by atoms with van der Waals surface area (Å²) in [6.07, 6.45) is 0. The van der Waals surface area contributed by atoms with E-state index < -0.39 is 0 Å². The van der Waals surface area contributed by atoms with Crippen LogP contribution in [0.1, 0.15) is 0 Å². The van der Waals surface area contributed by atoms with Gasteiger partial charge in [0, 0.05) is 15.5 Å². The molecule has 0 amide bonds. The van der Waals surface area contributed by atoms with E-state index in [9.17, 15) is 0 Å². The molecule has 0 aliphatic carbocycles. The van der Waals surface area contributed by atoms with Gasteiger partial charge in [0.15, 0.2) is 0 Å². The SMILES string of the molecule is c1ccc2c(-c3c4ccccc4c(-c4cccc5oc6cc7ccsc7cc6c45)c4ccccc34)cccc2c1. The molecule has 0 bridgehead atoms. The quantitative estimate of drug-likeness (QED) is 0.204. The fraction of sp³-hybridized carbons (Fsp3) is 0. The Morgan fingerprint density at radius 2 is 1.02 bits per heavy atom. The summed E-state index contributed by atoms with van der Waals surface area (Å²) < 4.78 is 7.75.